The van der Waals surface area contributed by atoms with Crippen molar-refractivity contribution in [1.82, 2.24) is 15.0 Å². The summed E-state index contributed by atoms with van der Waals surface area (Å²) in [5.41, 5.74) is 6.23. The lowest BCUT2D eigenvalue weighted by Gasteiger charge is -2.03. The highest BCUT2D eigenvalue weighted by molar-refractivity contribution is 7.99. The Bertz CT molecular complexity index is 762. The van der Waals surface area contributed by atoms with Crippen LogP contribution in [-0.4, -0.2) is 15.0 Å². The quantitative estimate of drug-likeness (QED) is 0.732. The number of rotatable bonds is 2. The van der Waals surface area contributed by atoms with E-state index >= 15 is 0 Å². The molecule has 2 N–H and O–H groups in total. The fourth-order valence-corrected chi connectivity index (χ4v) is 3.22. The molecule has 0 unspecified atom stereocenters. The second-order valence-corrected chi connectivity index (χ2v) is 6.04. The van der Waals surface area contributed by atoms with Crippen LogP contribution in [0, 0.1) is 5.82 Å². The van der Waals surface area contributed by atoms with Crippen LogP contribution in [0.4, 0.5) is 9.52 Å². The predicted octanol–water partition coefficient (Wildman–Crippen LogP) is 3.61. The molecule has 0 spiro atoms. The molecule has 2 heterocycles. The molecular formula is C11H6ClFN4S2. The van der Waals surface area contributed by atoms with Crippen molar-refractivity contribution in [2.45, 2.75) is 9.92 Å². The average molecular weight is 313 g/mol. The Labute approximate surface area is 120 Å². The number of anilines is 1. The standard InChI is InChI=1S/C11H6ClFN4S2/c12-5-1-2-7(6(13)3-5)18-9-8-10(16-4-15-9)19-11(14)17-8/h1-4H,(H2,14,17). The van der Waals surface area contributed by atoms with Crippen molar-refractivity contribution < 1.29 is 4.39 Å². The zero-order valence-corrected chi connectivity index (χ0v) is 11.7. The molecule has 0 bridgehead atoms. The summed E-state index contributed by atoms with van der Waals surface area (Å²) in [7, 11) is 0. The van der Waals surface area contributed by atoms with E-state index in [1.807, 2.05) is 0 Å². The molecule has 0 fully saturated rings. The summed E-state index contributed by atoms with van der Waals surface area (Å²) in [6, 6.07) is 4.49. The Morgan fingerprint density at radius 3 is 2.95 bits per heavy atom. The van der Waals surface area contributed by atoms with Gasteiger partial charge in [0.25, 0.3) is 0 Å². The number of fused-ring (bicyclic) bond motifs is 1. The van der Waals surface area contributed by atoms with E-state index in [9.17, 15) is 4.39 Å². The first kappa shape index (κ1) is 12.6. The van der Waals surface area contributed by atoms with Gasteiger partial charge in [-0.2, -0.15) is 0 Å². The highest BCUT2D eigenvalue weighted by Gasteiger charge is 2.12. The van der Waals surface area contributed by atoms with Crippen molar-refractivity contribution >= 4 is 50.2 Å². The third-order valence-corrected chi connectivity index (χ3v) is 4.35. The molecule has 96 valence electrons. The lowest BCUT2D eigenvalue weighted by Crippen LogP contribution is -1.87. The maximum absolute atomic E-state index is 13.8. The molecule has 3 aromatic rings. The molecule has 0 saturated carbocycles. The Morgan fingerprint density at radius 1 is 1.32 bits per heavy atom. The van der Waals surface area contributed by atoms with E-state index in [0.29, 0.717) is 30.4 Å². The lowest BCUT2D eigenvalue weighted by molar-refractivity contribution is 0.602. The first-order valence-electron chi connectivity index (χ1n) is 5.13. The molecule has 0 atom stereocenters. The number of aromatic nitrogens is 3. The molecule has 0 radical (unpaired) electrons. The van der Waals surface area contributed by atoms with E-state index in [1.54, 1.807) is 12.1 Å². The van der Waals surface area contributed by atoms with Crippen LogP contribution >= 0.6 is 34.7 Å². The van der Waals surface area contributed by atoms with Crippen LogP contribution in [0.3, 0.4) is 0 Å². The Balaban J connectivity index is 2.05. The summed E-state index contributed by atoms with van der Waals surface area (Å²) in [6.45, 7) is 0. The Kier molecular flexibility index (Phi) is 3.26. The van der Waals surface area contributed by atoms with Crippen molar-refractivity contribution in [3.8, 4) is 0 Å². The summed E-state index contributed by atoms with van der Waals surface area (Å²) in [5.74, 6) is -0.396. The van der Waals surface area contributed by atoms with E-state index in [0.717, 1.165) is 0 Å². The maximum atomic E-state index is 13.8. The maximum Gasteiger partial charge on any atom is 0.182 e. The van der Waals surface area contributed by atoms with Gasteiger partial charge in [-0.15, -0.1) is 0 Å². The van der Waals surface area contributed by atoms with Gasteiger partial charge in [0.05, 0.1) is 0 Å². The third-order valence-electron chi connectivity index (χ3n) is 2.28. The van der Waals surface area contributed by atoms with E-state index < -0.39 is 5.82 Å². The summed E-state index contributed by atoms with van der Waals surface area (Å²) >= 11 is 8.16. The number of hydrogen-bond donors (Lipinski definition) is 1. The van der Waals surface area contributed by atoms with Gasteiger partial charge in [0.15, 0.2) is 5.13 Å². The predicted molar refractivity (Wildman–Crippen MR) is 75.2 cm³/mol. The van der Waals surface area contributed by atoms with Gasteiger partial charge < -0.3 is 5.73 Å². The number of thiazole rings is 1. The van der Waals surface area contributed by atoms with Crippen LogP contribution in [0.25, 0.3) is 10.3 Å². The minimum Gasteiger partial charge on any atom is -0.375 e. The molecule has 0 aliphatic heterocycles. The number of benzene rings is 1. The van der Waals surface area contributed by atoms with Crippen LogP contribution in [0.15, 0.2) is 34.4 Å². The minimum absolute atomic E-state index is 0.354. The van der Waals surface area contributed by atoms with Gasteiger partial charge in [-0.3, -0.25) is 0 Å². The van der Waals surface area contributed by atoms with Crippen LogP contribution in [0.1, 0.15) is 0 Å². The fraction of sp³-hybridized carbons (Fsp3) is 0. The van der Waals surface area contributed by atoms with Crippen LogP contribution in [-0.2, 0) is 0 Å². The first-order chi connectivity index (χ1) is 9.13. The smallest absolute Gasteiger partial charge is 0.182 e. The summed E-state index contributed by atoms with van der Waals surface area (Å²) in [5, 5.41) is 1.33. The minimum atomic E-state index is -0.396. The van der Waals surface area contributed by atoms with Gasteiger partial charge in [0.1, 0.15) is 27.5 Å². The number of hydrogen-bond acceptors (Lipinski definition) is 6. The van der Waals surface area contributed by atoms with Crippen molar-refractivity contribution in [2.75, 3.05) is 5.73 Å². The van der Waals surface area contributed by atoms with Gasteiger partial charge in [0, 0.05) is 9.92 Å². The highest BCUT2D eigenvalue weighted by atomic mass is 35.5. The van der Waals surface area contributed by atoms with Gasteiger partial charge in [-0.25, -0.2) is 19.3 Å². The topological polar surface area (TPSA) is 64.7 Å². The molecule has 8 heteroatoms. The molecule has 0 aliphatic rings. The zero-order valence-electron chi connectivity index (χ0n) is 9.30. The highest BCUT2D eigenvalue weighted by Crippen LogP contribution is 2.35. The Morgan fingerprint density at radius 2 is 2.16 bits per heavy atom. The normalized spacial score (nSPS) is 11.1. The zero-order chi connectivity index (χ0) is 13.4. The molecular weight excluding hydrogens is 307 g/mol. The largest absolute Gasteiger partial charge is 0.375 e. The molecule has 1 aromatic carbocycles. The average Bonchev–Trinajstić information content (AvgIpc) is 2.74. The Hall–Kier alpha value is -1.44. The van der Waals surface area contributed by atoms with E-state index in [1.165, 1.54) is 35.5 Å². The third kappa shape index (κ3) is 2.49. The summed E-state index contributed by atoms with van der Waals surface area (Å²) < 4.78 is 13.8. The molecule has 4 nitrogen and oxygen atoms in total. The van der Waals surface area contributed by atoms with Gasteiger partial charge in [-0.05, 0) is 18.2 Å². The van der Waals surface area contributed by atoms with E-state index in [4.69, 9.17) is 17.3 Å². The molecule has 19 heavy (non-hydrogen) atoms. The summed E-state index contributed by atoms with van der Waals surface area (Å²) in [6.07, 6.45) is 1.41. The SMILES string of the molecule is Nc1nc2c(Sc3ccc(Cl)cc3F)ncnc2s1. The van der Waals surface area contributed by atoms with Gasteiger partial charge >= 0.3 is 0 Å². The number of halogens is 2. The molecule has 0 saturated heterocycles. The van der Waals surface area contributed by atoms with Crippen LogP contribution < -0.4 is 5.73 Å². The van der Waals surface area contributed by atoms with Crippen LogP contribution in [0.2, 0.25) is 5.02 Å². The van der Waals surface area contributed by atoms with Crippen molar-refractivity contribution in [3.05, 3.63) is 35.4 Å². The first-order valence-corrected chi connectivity index (χ1v) is 7.14. The van der Waals surface area contributed by atoms with Crippen LogP contribution in [0.5, 0.6) is 0 Å². The van der Waals surface area contributed by atoms with Crippen molar-refractivity contribution in [2.24, 2.45) is 0 Å². The molecule has 2 aromatic heterocycles. The molecule has 0 amide bonds. The second-order valence-electron chi connectivity index (χ2n) is 3.56. The van der Waals surface area contributed by atoms with Gasteiger partial charge in [-0.1, -0.05) is 34.7 Å². The van der Waals surface area contributed by atoms with Gasteiger partial charge in [0.2, 0.25) is 0 Å². The number of nitrogens with zero attached hydrogens (tertiary/aromatic N) is 3. The molecule has 3 rings (SSSR count). The number of nitrogens with two attached hydrogens (primary N) is 1. The summed E-state index contributed by atoms with van der Waals surface area (Å²) in [4.78, 5) is 13.5. The molecule has 0 aliphatic carbocycles. The van der Waals surface area contributed by atoms with E-state index in [2.05, 4.69) is 15.0 Å². The monoisotopic (exact) mass is 312 g/mol. The van der Waals surface area contributed by atoms with E-state index in [-0.39, 0.29) is 0 Å². The van der Waals surface area contributed by atoms with Crippen molar-refractivity contribution in [3.63, 3.8) is 0 Å². The number of nitrogen functional groups attached to an aromatic ring is 1. The second kappa shape index (κ2) is 4.92. The fourth-order valence-electron chi connectivity index (χ4n) is 1.49. The van der Waals surface area contributed by atoms with Crippen molar-refractivity contribution in [1.29, 1.82) is 0 Å². The lowest BCUT2D eigenvalue weighted by atomic mass is 10.3.